The van der Waals surface area contributed by atoms with Crippen molar-refractivity contribution in [2.75, 3.05) is 0 Å². The maximum Gasteiger partial charge on any atom is 0.0346 e. The molecule has 0 aliphatic carbocycles. The largest absolute Gasteiger partial charge is 0.140 e. The van der Waals surface area contributed by atoms with Gasteiger partial charge in [-0.2, -0.15) is 0 Å². The normalized spacial score (nSPS) is 10.2. The Morgan fingerprint density at radius 3 is 2.92 bits per heavy atom. The number of thiophene rings is 1. The molecule has 0 spiro atoms. The summed E-state index contributed by atoms with van der Waals surface area (Å²) in [6.45, 7) is 2.17. The van der Waals surface area contributed by atoms with E-state index in [4.69, 9.17) is 6.42 Å². The summed E-state index contributed by atoms with van der Waals surface area (Å²) in [5.41, 5.74) is 0.966. The van der Waals surface area contributed by atoms with Crippen molar-refractivity contribution in [3.05, 3.63) is 34.7 Å². The van der Waals surface area contributed by atoms with Crippen LogP contribution in [0.2, 0.25) is 0 Å². The average molecular weight is 186 g/mol. The molecular weight excluding hydrogens is 176 g/mol. The van der Waals surface area contributed by atoms with Crippen molar-refractivity contribution in [2.24, 2.45) is 0 Å². The Hall–Kier alpha value is -1.26. The fraction of sp³-hybridized carbons (Fsp3) is 0.167. The standard InChI is InChI=1S/C12H10S/c1-3-9-5-6-12-10(7-9)8-11(4-2)13-12/h1,5-8H,4H2,2H3. The van der Waals surface area contributed by atoms with Crippen molar-refractivity contribution in [3.8, 4) is 12.3 Å². The van der Waals surface area contributed by atoms with E-state index < -0.39 is 0 Å². The molecule has 0 bridgehead atoms. The quantitative estimate of drug-likeness (QED) is 0.598. The highest BCUT2D eigenvalue weighted by molar-refractivity contribution is 7.19. The zero-order valence-electron chi connectivity index (χ0n) is 7.50. The number of hydrogen-bond donors (Lipinski definition) is 0. The Morgan fingerprint density at radius 1 is 1.38 bits per heavy atom. The summed E-state index contributed by atoms with van der Waals surface area (Å²) in [6, 6.07) is 8.40. The minimum atomic E-state index is 0.966. The summed E-state index contributed by atoms with van der Waals surface area (Å²) >= 11 is 1.85. The Labute approximate surface area is 82.2 Å². The molecule has 1 aromatic carbocycles. The predicted molar refractivity (Wildman–Crippen MR) is 59.1 cm³/mol. The van der Waals surface area contributed by atoms with Crippen molar-refractivity contribution >= 4 is 21.4 Å². The molecule has 0 amide bonds. The van der Waals surface area contributed by atoms with Crippen LogP contribution in [-0.2, 0) is 6.42 Å². The summed E-state index contributed by atoms with van der Waals surface area (Å²) < 4.78 is 1.33. The lowest BCUT2D eigenvalue weighted by Crippen LogP contribution is -1.70. The van der Waals surface area contributed by atoms with Crippen LogP contribution >= 0.6 is 11.3 Å². The minimum absolute atomic E-state index is 0.966. The molecule has 2 rings (SSSR count). The molecular formula is C12H10S. The van der Waals surface area contributed by atoms with Crippen molar-refractivity contribution in [1.29, 1.82) is 0 Å². The van der Waals surface area contributed by atoms with E-state index in [-0.39, 0.29) is 0 Å². The summed E-state index contributed by atoms with van der Waals surface area (Å²) in [7, 11) is 0. The van der Waals surface area contributed by atoms with Gasteiger partial charge in [-0.05, 0) is 36.1 Å². The highest BCUT2D eigenvalue weighted by Gasteiger charge is 1.99. The Morgan fingerprint density at radius 2 is 2.23 bits per heavy atom. The van der Waals surface area contributed by atoms with Gasteiger partial charge in [0.1, 0.15) is 0 Å². The van der Waals surface area contributed by atoms with E-state index in [9.17, 15) is 0 Å². The molecule has 0 aliphatic heterocycles. The first-order valence-electron chi connectivity index (χ1n) is 4.32. The van der Waals surface area contributed by atoms with Gasteiger partial charge in [0.25, 0.3) is 0 Å². The number of fused-ring (bicyclic) bond motifs is 1. The Kier molecular flexibility index (Phi) is 2.08. The summed E-state index contributed by atoms with van der Waals surface area (Å²) in [5.74, 6) is 2.65. The van der Waals surface area contributed by atoms with Crippen molar-refractivity contribution in [2.45, 2.75) is 13.3 Å². The first kappa shape index (κ1) is 8.34. The number of hydrogen-bond acceptors (Lipinski definition) is 1. The van der Waals surface area contributed by atoms with E-state index in [1.807, 2.05) is 17.4 Å². The highest BCUT2D eigenvalue weighted by atomic mass is 32.1. The molecule has 0 saturated carbocycles. The van der Waals surface area contributed by atoms with Crippen LogP contribution in [-0.4, -0.2) is 0 Å². The molecule has 0 radical (unpaired) electrons. The van der Waals surface area contributed by atoms with E-state index in [0.717, 1.165) is 12.0 Å². The lowest BCUT2D eigenvalue weighted by Gasteiger charge is -1.89. The van der Waals surface area contributed by atoms with Crippen LogP contribution < -0.4 is 0 Å². The lowest BCUT2D eigenvalue weighted by atomic mass is 10.2. The van der Waals surface area contributed by atoms with Crippen LogP contribution in [0.25, 0.3) is 10.1 Å². The van der Waals surface area contributed by atoms with Gasteiger partial charge in [-0.25, -0.2) is 0 Å². The Bertz CT molecular complexity index is 471. The molecule has 13 heavy (non-hydrogen) atoms. The maximum atomic E-state index is 5.33. The van der Waals surface area contributed by atoms with Gasteiger partial charge >= 0.3 is 0 Å². The van der Waals surface area contributed by atoms with Crippen molar-refractivity contribution < 1.29 is 0 Å². The average Bonchev–Trinajstić information content (AvgIpc) is 2.58. The molecule has 0 fully saturated rings. The second-order valence-corrected chi connectivity index (χ2v) is 4.13. The van der Waals surface area contributed by atoms with E-state index in [1.54, 1.807) is 0 Å². The van der Waals surface area contributed by atoms with Crippen LogP contribution in [0.5, 0.6) is 0 Å². The molecule has 0 aliphatic rings. The zero-order chi connectivity index (χ0) is 9.26. The zero-order valence-corrected chi connectivity index (χ0v) is 8.32. The molecule has 2 aromatic rings. The molecule has 0 saturated heterocycles. The highest BCUT2D eigenvalue weighted by Crippen LogP contribution is 2.26. The van der Waals surface area contributed by atoms with E-state index in [0.29, 0.717) is 0 Å². The van der Waals surface area contributed by atoms with Gasteiger partial charge in [-0.1, -0.05) is 12.8 Å². The van der Waals surface area contributed by atoms with E-state index in [2.05, 4.69) is 31.0 Å². The number of aryl methyl sites for hydroxylation is 1. The van der Waals surface area contributed by atoms with Crippen LogP contribution in [0.4, 0.5) is 0 Å². The fourth-order valence-electron chi connectivity index (χ4n) is 1.36. The van der Waals surface area contributed by atoms with Gasteiger partial charge in [0.05, 0.1) is 0 Å². The van der Waals surface area contributed by atoms with E-state index in [1.165, 1.54) is 15.0 Å². The SMILES string of the molecule is C#Cc1ccc2sc(CC)cc2c1. The third-order valence-corrected chi connectivity index (χ3v) is 3.34. The molecule has 1 aromatic heterocycles. The molecule has 0 N–H and O–H groups in total. The first-order valence-corrected chi connectivity index (χ1v) is 5.14. The van der Waals surface area contributed by atoms with Gasteiger partial charge in [0.15, 0.2) is 0 Å². The van der Waals surface area contributed by atoms with Crippen LogP contribution in [0.3, 0.4) is 0 Å². The molecule has 1 heteroatoms. The number of benzene rings is 1. The van der Waals surface area contributed by atoms with Gasteiger partial charge in [0.2, 0.25) is 0 Å². The predicted octanol–water partition coefficient (Wildman–Crippen LogP) is 3.45. The topological polar surface area (TPSA) is 0 Å². The van der Waals surface area contributed by atoms with Gasteiger partial charge in [0, 0.05) is 15.1 Å². The molecule has 1 heterocycles. The monoisotopic (exact) mass is 186 g/mol. The summed E-state index contributed by atoms with van der Waals surface area (Å²) in [4.78, 5) is 1.42. The van der Waals surface area contributed by atoms with E-state index >= 15 is 0 Å². The summed E-state index contributed by atoms with van der Waals surface area (Å²) in [6.07, 6.45) is 6.44. The fourth-order valence-corrected chi connectivity index (χ4v) is 2.35. The van der Waals surface area contributed by atoms with Crippen LogP contribution in [0, 0.1) is 12.3 Å². The van der Waals surface area contributed by atoms with Crippen molar-refractivity contribution in [3.63, 3.8) is 0 Å². The van der Waals surface area contributed by atoms with Gasteiger partial charge in [-0.3, -0.25) is 0 Å². The number of rotatable bonds is 1. The van der Waals surface area contributed by atoms with Crippen LogP contribution in [0.15, 0.2) is 24.3 Å². The minimum Gasteiger partial charge on any atom is -0.140 e. The van der Waals surface area contributed by atoms with Gasteiger partial charge in [-0.15, -0.1) is 17.8 Å². The second kappa shape index (κ2) is 3.24. The van der Waals surface area contributed by atoms with Crippen LogP contribution in [0.1, 0.15) is 17.4 Å². The number of terminal acetylenes is 1. The third-order valence-electron chi connectivity index (χ3n) is 2.08. The molecule has 0 atom stereocenters. The Balaban J connectivity index is 2.65. The molecule has 64 valence electrons. The van der Waals surface area contributed by atoms with Gasteiger partial charge < -0.3 is 0 Å². The second-order valence-electron chi connectivity index (χ2n) is 2.96. The lowest BCUT2D eigenvalue weighted by molar-refractivity contribution is 1.19. The van der Waals surface area contributed by atoms with Crippen molar-refractivity contribution in [1.82, 2.24) is 0 Å². The smallest absolute Gasteiger partial charge is 0.0346 e. The molecule has 0 nitrogen and oxygen atoms in total. The summed E-state index contributed by atoms with van der Waals surface area (Å²) in [5, 5.41) is 1.28. The third kappa shape index (κ3) is 1.46. The molecule has 0 unspecified atom stereocenters. The first-order chi connectivity index (χ1) is 6.33. The maximum absolute atomic E-state index is 5.33.